The molecule has 0 aliphatic carbocycles. The Balaban J connectivity index is 2.22. The van der Waals surface area contributed by atoms with Gasteiger partial charge in [0, 0.05) is 16.8 Å². The Morgan fingerprint density at radius 3 is 2.60 bits per heavy atom. The molecule has 102 valence electrons. The van der Waals surface area contributed by atoms with Crippen LogP contribution in [0.25, 0.3) is 0 Å². The number of aryl methyl sites for hydroxylation is 1. The normalized spacial score (nSPS) is 9.90. The van der Waals surface area contributed by atoms with Crippen LogP contribution < -0.4 is 10.1 Å². The minimum absolute atomic E-state index is 0.258. The summed E-state index contributed by atoms with van der Waals surface area (Å²) in [5, 5.41) is 3.35. The van der Waals surface area contributed by atoms with E-state index in [1.807, 2.05) is 19.1 Å². The molecule has 0 radical (unpaired) electrons. The van der Waals surface area contributed by atoms with Crippen molar-refractivity contribution >= 4 is 23.2 Å². The van der Waals surface area contributed by atoms with Crippen LogP contribution >= 0.6 is 11.6 Å². The highest BCUT2D eigenvalue weighted by Crippen LogP contribution is 2.28. The van der Waals surface area contributed by atoms with Crippen LogP contribution in [0, 0.1) is 6.92 Å². The fourth-order valence-corrected chi connectivity index (χ4v) is 1.74. The Kier molecular flexibility index (Phi) is 4.43. The van der Waals surface area contributed by atoms with Crippen molar-refractivity contribution in [2.24, 2.45) is 0 Å². The molecule has 4 heteroatoms. The number of carbonyl (C=O) groups excluding carboxylic acids is 1. The number of hydrogen-bond donors (Lipinski definition) is 1. The molecule has 2 aromatic rings. The number of benzene rings is 2. The van der Waals surface area contributed by atoms with Gasteiger partial charge >= 0.3 is 0 Å². The topological polar surface area (TPSA) is 38.3 Å². The zero-order valence-corrected chi connectivity index (χ0v) is 11.8. The first-order valence-electron chi connectivity index (χ1n) is 6.06. The van der Waals surface area contributed by atoms with Crippen LogP contribution in [-0.4, -0.2) is 5.91 Å². The maximum Gasteiger partial charge on any atom is 0.247 e. The second-order valence-corrected chi connectivity index (χ2v) is 4.67. The molecular formula is C16H14ClNO2. The third-order valence-electron chi connectivity index (χ3n) is 2.68. The number of anilines is 1. The Labute approximate surface area is 122 Å². The summed E-state index contributed by atoms with van der Waals surface area (Å²) in [7, 11) is 0. The molecule has 1 amide bonds. The monoisotopic (exact) mass is 287 g/mol. The molecule has 20 heavy (non-hydrogen) atoms. The van der Waals surface area contributed by atoms with Crippen LogP contribution in [0.1, 0.15) is 5.56 Å². The molecule has 0 fully saturated rings. The van der Waals surface area contributed by atoms with Gasteiger partial charge in [-0.25, -0.2) is 0 Å². The van der Waals surface area contributed by atoms with E-state index in [-0.39, 0.29) is 5.91 Å². The van der Waals surface area contributed by atoms with Crippen molar-refractivity contribution in [1.82, 2.24) is 0 Å². The van der Waals surface area contributed by atoms with E-state index in [2.05, 4.69) is 11.9 Å². The quantitative estimate of drug-likeness (QED) is 0.837. The van der Waals surface area contributed by atoms with Crippen molar-refractivity contribution in [1.29, 1.82) is 0 Å². The van der Waals surface area contributed by atoms with Crippen LogP contribution in [0.5, 0.6) is 11.5 Å². The summed E-state index contributed by atoms with van der Waals surface area (Å²) in [5.74, 6) is 1.10. The summed E-state index contributed by atoms with van der Waals surface area (Å²) < 4.78 is 5.78. The lowest BCUT2D eigenvalue weighted by Crippen LogP contribution is -2.07. The maximum atomic E-state index is 11.3. The Hall–Kier alpha value is -2.26. The van der Waals surface area contributed by atoms with E-state index in [4.69, 9.17) is 16.3 Å². The number of hydrogen-bond acceptors (Lipinski definition) is 2. The predicted molar refractivity (Wildman–Crippen MR) is 81.5 cm³/mol. The highest BCUT2D eigenvalue weighted by molar-refractivity contribution is 6.30. The van der Waals surface area contributed by atoms with Gasteiger partial charge in [0.1, 0.15) is 11.5 Å². The van der Waals surface area contributed by atoms with Crippen LogP contribution in [0.15, 0.2) is 55.1 Å². The van der Waals surface area contributed by atoms with E-state index in [0.717, 1.165) is 5.56 Å². The largest absolute Gasteiger partial charge is 0.457 e. The molecule has 0 aliphatic rings. The molecule has 0 heterocycles. The van der Waals surface area contributed by atoms with E-state index >= 15 is 0 Å². The lowest BCUT2D eigenvalue weighted by atomic mass is 10.2. The van der Waals surface area contributed by atoms with Gasteiger partial charge in [-0.05, 0) is 48.9 Å². The van der Waals surface area contributed by atoms with E-state index in [0.29, 0.717) is 22.2 Å². The molecule has 2 aromatic carbocycles. The third kappa shape index (κ3) is 3.62. The maximum absolute atomic E-state index is 11.3. The van der Waals surface area contributed by atoms with Crippen molar-refractivity contribution in [3.63, 3.8) is 0 Å². The third-order valence-corrected chi connectivity index (χ3v) is 2.93. The van der Waals surface area contributed by atoms with Crippen molar-refractivity contribution in [3.05, 3.63) is 65.7 Å². The molecule has 1 N–H and O–H groups in total. The van der Waals surface area contributed by atoms with Gasteiger partial charge in [-0.2, -0.15) is 0 Å². The van der Waals surface area contributed by atoms with E-state index < -0.39 is 0 Å². The zero-order valence-electron chi connectivity index (χ0n) is 11.0. The SMILES string of the molecule is C=CC(=O)Nc1ccc(C)c(Oc2ccc(Cl)cc2)c1. The second-order valence-electron chi connectivity index (χ2n) is 4.23. The van der Waals surface area contributed by atoms with Crippen LogP contribution in [-0.2, 0) is 4.79 Å². The minimum Gasteiger partial charge on any atom is -0.457 e. The highest BCUT2D eigenvalue weighted by Gasteiger charge is 2.05. The summed E-state index contributed by atoms with van der Waals surface area (Å²) in [6.45, 7) is 5.35. The smallest absolute Gasteiger partial charge is 0.247 e. The van der Waals surface area contributed by atoms with E-state index in [1.165, 1.54) is 6.08 Å². The van der Waals surface area contributed by atoms with Crippen LogP contribution in [0.2, 0.25) is 5.02 Å². The van der Waals surface area contributed by atoms with Crippen molar-refractivity contribution in [2.75, 3.05) is 5.32 Å². The molecule has 0 aromatic heterocycles. The Morgan fingerprint density at radius 2 is 1.95 bits per heavy atom. The number of halogens is 1. The van der Waals surface area contributed by atoms with Gasteiger partial charge in [-0.1, -0.05) is 24.2 Å². The minimum atomic E-state index is -0.258. The molecule has 0 atom stereocenters. The lowest BCUT2D eigenvalue weighted by Gasteiger charge is -2.11. The molecule has 3 nitrogen and oxygen atoms in total. The summed E-state index contributed by atoms with van der Waals surface area (Å²) in [4.78, 5) is 11.3. The number of nitrogens with one attached hydrogen (secondary N) is 1. The molecule has 0 saturated heterocycles. The van der Waals surface area contributed by atoms with Gasteiger partial charge in [0.25, 0.3) is 0 Å². The zero-order chi connectivity index (χ0) is 14.5. The lowest BCUT2D eigenvalue weighted by molar-refractivity contribution is -0.111. The molecule has 2 rings (SSSR count). The van der Waals surface area contributed by atoms with Crippen LogP contribution in [0.4, 0.5) is 5.69 Å². The standard InChI is InChI=1S/C16H14ClNO2/c1-3-16(19)18-13-7-4-11(2)15(10-13)20-14-8-5-12(17)6-9-14/h3-10H,1H2,2H3,(H,18,19). The average molecular weight is 288 g/mol. The number of rotatable bonds is 4. The summed E-state index contributed by atoms with van der Waals surface area (Å²) >= 11 is 5.83. The van der Waals surface area contributed by atoms with Gasteiger partial charge in [0.2, 0.25) is 5.91 Å². The number of amides is 1. The van der Waals surface area contributed by atoms with Gasteiger partial charge in [0.15, 0.2) is 0 Å². The van der Waals surface area contributed by atoms with E-state index in [1.54, 1.807) is 30.3 Å². The van der Waals surface area contributed by atoms with Gasteiger partial charge in [-0.15, -0.1) is 0 Å². The molecular weight excluding hydrogens is 274 g/mol. The van der Waals surface area contributed by atoms with Gasteiger partial charge in [-0.3, -0.25) is 4.79 Å². The van der Waals surface area contributed by atoms with Crippen molar-refractivity contribution in [3.8, 4) is 11.5 Å². The second kappa shape index (κ2) is 6.26. The molecule has 0 unspecified atom stereocenters. The summed E-state index contributed by atoms with van der Waals surface area (Å²) in [5.41, 5.74) is 1.63. The Morgan fingerprint density at radius 1 is 1.25 bits per heavy atom. The van der Waals surface area contributed by atoms with Crippen molar-refractivity contribution in [2.45, 2.75) is 6.92 Å². The molecule has 0 bridgehead atoms. The van der Waals surface area contributed by atoms with Gasteiger partial charge < -0.3 is 10.1 Å². The van der Waals surface area contributed by atoms with Gasteiger partial charge in [0.05, 0.1) is 0 Å². The predicted octanol–water partition coefficient (Wildman–Crippen LogP) is 4.57. The van der Waals surface area contributed by atoms with E-state index in [9.17, 15) is 4.79 Å². The summed E-state index contributed by atoms with van der Waals surface area (Å²) in [6.07, 6.45) is 1.22. The van der Waals surface area contributed by atoms with Crippen LogP contribution in [0.3, 0.4) is 0 Å². The summed E-state index contributed by atoms with van der Waals surface area (Å²) in [6, 6.07) is 12.6. The average Bonchev–Trinajstić information content (AvgIpc) is 2.45. The number of carbonyl (C=O) groups is 1. The highest BCUT2D eigenvalue weighted by atomic mass is 35.5. The Bertz CT molecular complexity index is 635. The first kappa shape index (κ1) is 14.2. The number of ether oxygens (including phenoxy) is 1. The first-order valence-corrected chi connectivity index (χ1v) is 6.44. The fraction of sp³-hybridized carbons (Fsp3) is 0.0625. The molecule has 0 aliphatic heterocycles. The van der Waals surface area contributed by atoms with Crippen molar-refractivity contribution < 1.29 is 9.53 Å². The molecule has 0 saturated carbocycles. The molecule has 0 spiro atoms. The fourth-order valence-electron chi connectivity index (χ4n) is 1.61. The first-order chi connectivity index (χ1) is 9.58.